The second kappa shape index (κ2) is 13.4. The van der Waals surface area contributed by atoms with Gasteiger partial charge in [-0.25, -0.2) is 9.97 Å². The highest BCUT2D eigenvalue weighted by Gasteiger charge is 2.59. The lowest BCUT2D eigenvalue weighted by Crippen LogP contribution is -2.43. The van der Waals surface area contributed by atoms with E-state index in [0.29, 0.717) is 5.95 Å². The van der Waals surface area contributed by atoms with Crippen LogP contribution in [-0.4, -0.2) is 14.5 Å². The molecule has 0 saturated carbocycles. The predicted molar refractivity (Wildman–Crippen MR) is 282 cm³/mol. The summed E-state index contributed by atoms with van der Waals surface area (Å²) >= 11 is 0. The van der Waals surface area contributed by atoms with Crippen LogP contribution in [0.4, 0.5) is 0 Å². The first-order chi connectivity index (χ1) is 34.2. The molecule has 0 radical (unpaired) electrons. The van der Waals surface area contributed by atoms with Crippen molar-refractivity contribution in [2.75, 3.05) is 0 Å². The van der Waals surface area contributed by atoms with Gasteiger partial charge < -0.3 is 0 Å². The summed E-state index contributed by atoms with van der Waals surface area (Å²) in [4.78, 5) is 11.1. The Balaban J connectivity index is 1.04. The van der Waals surface area contributed by atoms with Gasteiger partial charge in [0.25, 0.3) is 0 Å². The SMILES string of the molecule is c1ccc2c(c1)-c1ccccc1C21c2ccccc2C2(c3ccccc3-c3cc4c(cc32)c2c3ccccc3ccc2n4-c2nc(-c3ccc4ccccc4c3)c3ccccc3n2)c2ccccc21. The topological polar surface area (TPSA) is 30.7 Å². The van der Waals surface area contributed by atoms with E-state index in [1.54, 1.807) is 0 Å². The Morgan fingerprint density at radius 3 is 1.45 bits per heavy atom. The van der Waals surface area contributed by atoms with Crippen molar-refractivity contribution in [1.29, 1.82) is 0 Å². The van der Waals surface area contributed by atoms with E-state index >= 15 is 0 Å². The van der Waals surface area contributed by atoms with Gasteiger partial charge in [0.2, 0.25) is 5.95 Å². The zero-order valence-electron chi connectivity index (χ0n) is 37.4. The smallest absolute Gasteiger partial charge is 0.235 e. The molecule has 3 nitrogen and oxygen atoms in total. The van der Waals surface area contributed by atoms with E-state index in [1.165, 1.54) is 99.1 Å². The Kier molecular flexibility index (Phi) is 7.21. The Bertz CT molecular complexity index is 4310. The zero-order chi connectivity index (χ0) is 45.0. The number of rotatable bonds is 2. The Morgan fingerprint density at radius 2 is 0.797 bits per heavy atom. The monoisotopic (exact) mass is 873 g/mol. The molecule has 0 fully saturated rings. The largest absolute Gasteiger partial charge is 0.278 e. The van der Waals surface area contributed by atoms with Crippen LogP contribution >= 0.6 is 0 Å². The molecule has 0 unspecified atom stereocenters. The maximum absolute atomic E-state index is 5.61. The highest BCUT2D eigenvalue weighted by molar-refractivity contribution is 6.22. The summed E-state index contributed by atoms with van der Waals surface area (Å²) in [7, 11) is 0. The summed E-state index contributed by atoms with van der Waals surface area (Å²) in [5.74, 6) is 0.655. The number of hydrogen-bond donors (Lipinski definition) is 0. The number of nitrogens with zero attached hydrogens (tertiary/aromatic N) is 3. The molecule has 0 aliphatic heterocycles. The zero-order valence-corrected chi connectivity index (χ0v) is 37.4. The van der Waals surface area contributed by atoms with Crippen LogP contribution in [0, 0.1) is 0 Å². The first kappa shape index (κ1) is 37.2. The van der Waals surface area contributed by atoms with E-state index in [1.807, 2.05) is 0 Å². The molecule has 2 heterocycles. The minimum Gasteiger partial charge on any atom is -0.278 e. The van der Waals surface area contributed by atoms with Crippen LogP contribution in [0.2, 0.25) is 0 Å². The molecule has 2 spiro atoms. The van der Waals surface area contributed by atoms with Crippen molar-refractivity contribution in [1.82, 2.24) is 14.5 Å². The van der Waals surface area contributed by atoms with Gasteiger partial charge in [-0.15, -0.1) is 0 Å². The average molecular weight is 874 g/mol. The van der Waals surface area contributed by atoms with Crippen molar-refractivity contribution in [2.45, 2.75) is 10.8 Å². The van der Waals surface area contributed by atoms with E-state index in [-0.39, 0.29) is 0 Å². The van der Waals surface area contributed by atoms with Crippen LogP contribution in [0.5, 0.6) is 0 Å². The Hall–Kier alpha value is -8.92. The van der Waals surface area contributed by atoms with Crippen LogP contribution in [0.3, 0.4) is 0 Å². The number of benzene rings is 11. The lowest BCUT2D eigenvalue weighted by atomic mass is 9.52. The highest BCUT2D eigenvalue weighted by Crippen LogP contribution is 2.67. The van der Waals surface area contributed by atoms with Crippen LogP contribution in [-0.2, 0) is 10.8 Å². The molecule has 16 rings (SSSR count). The molecule has 0 saturated heterocycles. The van der Waals surface area contributed by atoms with Crippen molar-refractivity contribution in [3.63, 3.8) is 0 Å². The minimum absolute atomic E-state index is 0.504. The third-order valence-electron chi connectivity index (χ3n) is 16.1. The molecule has 3 aliphatic rings. The van der Waals surface area contributed by atoms with Crippen LogP contribution in [0.1, 0.15) is 44.5 Å². The molecule has 2 aromatic heterocycles. The predicted octanol–water partition coefficient (Wildman–Crippen LogP) is 15.7. The van der Waals surface area contributed by atoms with Gasteiger partial charge in [-0.05, 0) is 119 Å². The second-order valence-electron chi connectivity index (χ2n) is 19.1. The highest BCUT2D eigenvalue weighted by atomic mass is 15.2. The van der Waals surface area contributed by atoms with Gasteiger partial charge in [0, 0.05) is 21.7 Å². The lowest BCUT2D eigenvalue weighted by molar-refractivity contribution is 0.633. The number of para-hydroxylation sites is 1. The molecule has 3 heteroatoms. The molecule has 3 aliphatic carbocycles. The van der Waals surface area contributed by atoms with Gasteiger partial charge in [0.15, 0.2) is 0 Å². The lowest BCUT2D eigenvalue weighted by Gasteiger charge is -2.48. The van der Waals surface area contributed by atoms with Gasteiger partial charge in [-0.3, -0.25) is 4.57 Å². The summed E-state index contributed by atoms with van der Waals surface area (Å²) in [5.41, 5.74) is 19.6. The molecule has 11 aromatic carbocycles. The summed E-state index contributed by atoms with van der Waals surface area (Å²) in [6.07, 6.45) is 0. The van der Waals surface area contributed by atoms with E-state index < -0.39 is 10.8 Å². The normalized spacial score (nSPS) is 14.3. The van der Waals surface area contributed by atoms with Gasteiger partial charge in [0.1, 0.15) is 0 Å². The minimum atomic E-state index is -0.618. The van der Waals surface area contributed by atoms with Gasteiger partial charge in [0.05, 0.1) is 33.1 Å². The third kappa shape index (κ3) is 4.58. The first-order valence-corrected chi connectivity index (χ1v) is 24.0. The molecule has 0 amide bonds. The Morgan fingerprint density at radius 1 is 0.304 bits per heavy atom. The number of hydrogen-bond acceptors (Lipinski definition) is 2. The third-order valence-corrected chi connectivity index (χ3v) is 16.1. The first-order valence-electron chi connectivity index (χ1n) is 24.0. The fourth-order valence-electron chi connectivity index (χ4n) is 13.5. The van der Waals surface area contributed by atoms with Crippen LogP contribution in [0.25, 0.3) is 93.7 Å². The summed E-state index contributed by atoms with van der Waals surface area (Å²) in [5, 5.41) is 8.21. The number of aromatic nitrogens is 3. The molecule has 69 heavy (non-hydrogen) atoms. The maximum atomic E-state index is 5.61. The van der Waals surface area contributed by atoms with E-state index in [2.05, 4.69) is 241 Å². The van der Waals surface area contributed by atoms with Crippen LogP contribution < -0.4 is 0 Å². The van der Waals surface area contributed by atoms with Crippen molar-refractivity contribution >= 4 is 54.3 Å². The van der Waals surface area contributed by atoms with Crippen molar-refractivity contribution < 1.29 is 0 Å². The van der Waals surface area contributed by atoms with E-state index in [4.69, 9.17) is 9.97 Å². The molecule has 13 aromatic rings. The summed E-state index contributed by atoms with van der Waals surface area (Å²) in [6.45, 7) is 0. The number of fused-ring (bicyclic) bond motifs is 23. The maximum Gasteiger partial charge on any atom is 0.235 e. The summed E-state index contributed by atoms with van der Waals surface area (Å²) in [6, 6.07) is 88.2. The summed E-state index contributed by atoms with van der Waals surface area (Å²) < 4.78 is 2.34. The van der Waals surface area contributed by atoms with Crippen molar-refractivity contribution in [2.24, 2.45) is 0 Å². The second-order valence-corrected chi connectivity index (χ2v) is 19.1. The molecule has 0 atom stereocenters. The molecule has 0 N–H and O–H groups in total. The van der Waals surface area contributed by atoms with Gasteiger partial charge in [-0.2, -0.15) is 0 Å². The molecule has 318 valence electrons. The van der Waals surface area contributed by atoms with E-state index in [0.717, 1.165) is 33.2 Å². The molecule has 0 bridgehead atoms. The standard InChI is InChI=1S/C66H39N3/c1-2-19-42-37-43(34-33-40(42)17-1)63-48-24-8-16-32-59(48)67-64(68-63)69-60-36-35-41-18-3-4-20-44(41)62(60)50-38-58-49(39-61(50)69)47-23-7-11-27-53(47)66(58)56-30-14-12-28-54(56)65(55-29-13-15-31-57(55)66)51-25-9-5-21-45(51)46-22-6-10-26-52(46)65/h1-39H. The van der Waals surface area contributed by atoms with Crippen molar-refractivity contribution in [3.05, 3.63) is 281 Å². The van der Waals surface area contributed by atoms with Gasteiger partial charge >= 0.3 is 0 Å². The molecular formula is C66H39N3. The average Bonchev–Trinajstić information content (AvgIpc) is 4.01. The van der Waals surface area contributed by atoms with E-state index in [9.17, 15) is 0 Å². The molecular weight excluding hydrogens is 835 g/mol. The van der Waals surface area contributed by atoms with Crippen LogP contribution in [0.15, 0.2) is 237 Å². The van der Waals surface area contributed by atoms with Crippen molar-refractivity contribution in [3.8, 4) is 39.5 Å². The Labute approximate surface area is 398 Å². The van der Waals surface area contributed by atoms with Gasteiger partial charge in [-0.1, -0.05) is 206 Å². The fraction of sp³-hybridized carbons (Fsp3) is 0.0303. The fourth-order valence-corrected chi connectivity index (χ4v) is 13.5. The quantitative estimate of drug-likeness (QED) is 0.173.